The zero-order valence-electron chi connectivity index (χ0n) is 10.6. The Bertz CT molecular complexity index is 541. The lowest BCUT2D eigenvalue weighted by molar-refractivity contribution is 0.0729. The average Bonchev–Trinajstić information content (AvgIpc) is 2.40. The van der Waals surface area contributed by atoms with Crippen LogP contribution in [0.5, 0.6) is 5.75 Å². The normalized spacial score (nSPS) is 17.4. The average molecular weight is 306 g/mol. The third-order valence-corrected chi connectivity index (χ3v) is 4.97. The summed E-state index contributed by atoms with van der Waals surface area (Å²) in [5.74, 6) is 0.293. The van der Waals surface area contributed by atoms with Gasteiger partial charge in [0.15, 0.2) is 0 Å². The summed E-state index contributed by atoms with van der Waals surface area (Å²) >= 11 is 5.88. The molecule has 0 saturated carbocycles. The van der Waals surface area contributed by atoms with Gasteiger partial charge >= 0.3 is 0 Å². The molecule has 0 bridgehead atoms. The molecule has 1 saturated heterocycles. The lowest BCUT2D eigenvalue weighted by Crippen LogP contribution is -2.40. The van der Waals surface area contributed by atoms with Gasteiger partial charge < -0.3 is 9.47 Å². The fourth-order valence-corrected chi connectivity index (χ4v) is 3.57. The van der Waals surface area contributed by atoms with E-state index in [0.29, 0.717) is 43.7 Å². The third kappa shape index (κ3) is 3.20. The SMILES string of the molecule is CCOc1cc(Cl)ccc1S(=O)(=O)N1CCOCC1. The van der Waals surface area contributed by atoms with Crippen molar-refractivity contribution in [2.45, 2.75) is 11.8 Å². The topological polar surface area (TPSA) is 55.8 Å². The predicted octanol–water partition coefficient (Wildman–Crippen LogP) is 1.76. The monoisotopic (exact) mass is 305 g/mol. The molecule has 1 aromatic carbocycles. The first kappa shape index (κ1) is 14.6. The summed E-state index contributed by atoms with van der Waals surface area (Å²) in [5, 5.41) is 0.448. The number of benzene rings is 1. The molecule has 1 aliphatic heterocycles. The Kier molecular flexibility index (Phi) is 4.67. The molecule has 0 spiro atoms. The molecule has 1 aliphatic rings. The molecule has 2 rings (SSSR count). The molecular formula is C12H16ClNO4S. The fraction of sp³-hybridized carbons (Fsp3) is 0.500. The van der Waals surface area contributed by atoms with Crippen LogP contribution in [0.25, 0.3) is 0 Å². The molecule has 19 heavy (non-hydrogen) atoms. The van der Waals surface area contributed by atoms with E-state index in [2.05, 4.69) is 0 Å². The second-order valence-electron chi connectivity index (χ2n) is 4.04. The molecule has 0 aliphatic carbocycles. The highest BCUT2D eigenvalue weighted by atomic mass is 35.5. The highest BCUT2D eigenvalue weighted by Crippen LogP contribution is 2.30. The van der Waals surface area contributed by atoms with Crippen LogP contribution in [0, 0.1) is 0 Å². The van der Waals surface area contributed by atoms with Crippen molar-refractivity contribution < 1.29 is 17.9 Å². The predicted molar refractivity (Wildman–Crippen MR) is 72.2 cm³/mol. The van der Waals surface area contributed by atoms with Gasteiger partial charge in [0.25, 0.3) is 0 Å². The summed E-state index contributed by atoms with van der Waals surface area (Å²) in [5.41, 5.74) is 0. The Labute approximate surface area is 118 Å². The van der Waals surface area contributed by atoms with E-state index in [4.69, 9.17) is 21.1 Å². The molecular weight excluding hydrogens is 290 g/mol. The Morgan fingerprint density at radius 3 is 2.68 bits per heavy atom. The van der Waals surface area contributed by atoms with E-state index in [0.717, 1.165) is 0 Å². The van der Waals surface area contributed by atoms with E-state index < -0.39 is 10.0 Å². The highest BCUT2D eigenvalue weighted by Gasteiger charge is 2.29. The second kappa shape index (κ2) is 6.09. The van der Waals surface area contributed by atoms with E-state index in [9.17, 15) is 8.42 Å². The van der Waals surface area contributed by atoms with Crippen molar-refractivity contribution in [3.05, 3.63) is 23.2 Å². The summed E-state index contributed by atoms with van der Waals surface area (Å²) in [4.78, 5) is 0.153. The molecule has 5 nitrogen and oxygen atoms in total. The van der Waals surface area contributed by atoms with Gasteiger partial charge in [-0.15, -0.1) is 0 Å². The molecule has 1 fully saturated rings. The van der Waals surface area contributed by atoms with Crippen LogP contribution >= 0.6 is 11.6 Å². The van der Waals surface area contributed by atoms with Crippen LogP contribution in [0.4, 0.5) is 0 Å². The van der Waals surface area contributed by atoms with Crippen LogP contribution < -0.4 is 4.74 Å². The molecule has 1 aromatic rings. The summed E-state index contributed by atoms with van der Waals surface area (Å²) in [6.07, 6.45) is 0. The van der Waals surface area contributed by atoms with Gasteiger partial charge in [0, 0.05) is 24.2 Å². The quantitative estimate of drug-likeness (QED) is 0.850. The van der Waals surface area contributed by atoms with E-state index in [1.807, 2.05) is 0 Å². The minimum atomic E-state index is -3.56. The first-order valence-electron chi connectivity index (χ1n) is 6.06. The molecule has 106 valence electrons. The van der Waals surface area contributed by atoms with Gasteiger partial charge in [-0.3, -0.25) is 0 Å². The highest BCUT2D eigenvalue weighted by molar-refractivity contribution is 7.89. The van der Waals surface area contributed by atoms with Crippen molar-refractivity contribution in [2.75, 3.05) is 32.9 Å². The van der Waals surface area contributed by atoms with Gasteiger partial charge in [-0.2, -0.15) is 4.31 Å². The van der Waals surface area contributed by atoms with Crippen molar-refractivity contribution in [1.29, 1.82) is 0 Å². The number of ether oxygens (including phenoxy) is 2. The number of morpholine rings is 1. The molecule has 0 aromatic heterocycles. The van der Waals surface area contributed by atoms with Crippen LogP contribution in [-0.2, 0) is 14.8 Å². The first-order chi connectivity index (χ1) is 9.05. The Morgan fingerprint density at radius 1 is 1.37 bits per heavy atom. The van der Waals surface area contributed by atoms with Gasteiger partial charge in [0.1, 0.15) is 10.6 Å². The molecule has 1 heterocycles. The van der Waals surface area contributed by atoms with Gasteiger partial charge in [-0.05, 0) is 19.1 Å². The maximum absolute atomic E-state index is 12.5. The number of rotatable bonds is 4. The first-order valence-corrected chi connectivity index (χ1v) is 7.87. The van der Waals surface area contributed by atoms with Gasteiger partial charge in [0.2, 0.25) is 10.0 Å². The largest absolute Gasteiger partial charge is 0.492 e. The molecule has 7 heteroatoms. The van der Waals surface area contributed by atoms with Gasteiger partial charge in [0.05, 0.1) is 19.8 Å². The van der Waals surface area contributed by atoms with E-state index >= 15 is 0 Å². The number of hydrogen-bond donors (Lipinski definition) is 0. The second-order valence-corrected chi connectivity index (χ2v) is 6.38. The van der Waals surface area contributed by atoms with Crippen LogP contribution in [0.3, 0.4) is 0 Å². The van der Waals surface area contributed by atoms with Crippen molar-refractivity contribution in [1.82, 2.24) is 4.31 Å². The standard InChI is InChI=1S/C12H16ClNO4S/c1-2-18-11-9-10(13)3-4-12(11)19(15,16)14-5-7-17-8-6-14/h3-4,9H,2,5-8H2,1H3. The zero-order valence-corrected chi connectivity index (χ0v) is 12.2. The molecule has 0 amide bonds. The summed E-state index contributed by atoms with van der Waals surface area (Å²) < 4.78 is 37.0. The third-order valence-electron chi connectivity index (χ3n) is 2.79. The van der Waals surface area contributed by atoms with Crippen LogP contribution in [0.2, 0.25) is 5.02 Å². The van der Waals surface area contributed by atoms with Gasteiger partial charge in [-0.1, -0.05) is 11.6 Å². The summed E-state index contributed by atoms with van der Waals surface area (Å²) in [6.45, 7) is 3.72. The van der Waals surface area contributed by atoms with E-state index in [-0.39, 0.29) is 4.90 Å². The van der Waals surface area contributed by atoms with Crippen molar-refractivity contribution >= 4 is 21.6 Å². The van der Waals surface area contributed by atoms with Gasteiger partial charge in [-0.25, -0.2) is 8.42 Å². The van der Waals surface area contributed by atoms with Crippen molar-refractivity contribution in [3.8, 4) is 5.75 Å². The zero-order chi connectivity index (χ0) is 13.9. The maximum Gasteiger partial charge on any atom is 0.246 e. The molecule has 0 N–H and O–H groups in total. The lowest BCUT2D eigenvalue weighted by Gasteiger charge is -2.26. The van der Waals surface area contributed by atoms with Crippen LogP contribution in [0.15, 0.2) is 23.1 Å². The Balaban J connectivity index is 2.38. The Hall–Kier alpha value is -0.820. The Morgan fingerprint density at radius 2 is 2.05 bits per heavy atom. The number of halogens is 1. The van der Waals surface area contributed by atoms with Crippen molar-refractivity contribution in [3.63, 3.8) is 0 Å². The lowest BCUT2D eigenvalue weighted by atomic mass is 10.3. The number of nitrogens with zero attached hydrogens (tertiary/aromatic N) is 1. The number of hydrogen-bond acceptors (Lipinski definition) is 4. The summed E-state index contributed by atoms with van der Waals surface area (Å²) in [6, 6.07) is 4.56. The van der Waals surface area contributed by atoms with Crippen molar-refractivity contribution in [2.24, 2.45) is 0 Å². The van der Waals surface area contributed by atoms with Crippen LogP contribution in [-0.4, -0.2) is 45.6 Å². The minimum absolute atomic E-state index is 0.153. The maximum atomic E-state index is 12.5. The van der Waals surface area contributed by atoms with E-state index in [1.54, 1.807) is 13.0 Å². The molecule has 0 radical (unpaired) electrons. The fourth-order valence-electron chi connectivity index (χ4n) is 1.89. The van der Waals surface area contributed by atoms with Crippen LogP contribution in [0.1, 0.15) is 6.92 Å². The van der Waals surface area contributed by atoms with E-state index in [1.165, 1.54) is 16.4 Å². The smallest absolute Gasteiger partial charge is 0.246 e. The minimum Gasteiger partial charge on any atom is -0.492 e. The molecule has 0 unspecified atom stereocenters. The molecule has 0 atom stereocenters. The number of sulfonamides is 1. The summed E-state index contributed by atoms with van der Waals surface area (Å²) in [7, 11) is -3.56.